The molecular formula is C22H26ClN5O3. The number of amides is 1. The van der Waals surface area contributed by atoms with Crippen molar-refractivity contribution in [1.29, 1.82) is 0 Å². The van der Waals surface area contributed by atoms with E-state index < -0.39 is 5.56 Å². The van der Waals surface area contributed by atoms with Crippen LogP contribution in [0.5, 0.6) is 5.75 Å². The monoisotopic (exact) mass is 443 g/mol. The third-order valence-corrected chi connectivity index (χ3v) is 7.58. The number of aromatic nitrogens is 3. The van der Waals surface area contributed by atoms with Crippen molar-refractivity contribution < 1.29 is 9.53 Å². The predicted molar refractivity (Wildman–Crippen MR) is 116 cm³/mol. The van der Waals surface area contributed by atoms with E-state index in [1.165, 1.54) is 19.3 Å². The Labute approximate surface area is 185 Å². The van der Waals surface area contributed by atoms with E-state index in [-0.39, 0.29) is 29.6 Å². The standard InChI is InChI=1S/C22H26ClN5O3/c1-31-18-11-24-3-2-15(18)9-25-19(29)12-28-21(30)20(23)17(10-26-28)27-22-7-13-4-14(8-22)6-16(22)5-13/h2-3,10-11,13-14,16,27H,4-9,12H2,1H3,(H,25,29). The van der Waals surface area contributed by atoms with E-state index in [2.05, 4.69) is 20.7 Å². The fraction of sp³-hybridized carbons (Fsp3) is 0.545. The maximum Gasteiger partial charge on any atom is 0.288 e. The molecule has 6 rings (SSSR count). The minimum absolute atomic E-state index is 0.0541. The minimum atomic E-state index is -0.461. The first-order chi connectivity index (χ1) is 15.0. The zero-order chi connectivity index (χ0) is 21.6. The number of methoxy groups -OCH3 is 1. The van der Waals surface area contributed by atoms with E-state index in [1.54, 1.807) is 31.8 Å². The normalized spacial score (nSPS) is 28.0. The second-order valence-corrected chi connectivity index (χ2v) is 9.50. The van der Waals surface area contributed by atoms with Crippen LogP contribution in [0.1, 0.15) is 37.7 Å². The smallest absolute Gasteiger partial charge is 0.288 e. The lowest BCUT2D eigenvalue weighted by molar-refractivity contribution is -0.122. The van der Waals surface area contributed by atoms with Gasteiger partial charge >= 0.3 is 0 Å². The summed E-state index contributed by atoms with van der Waals surface area (Å²) in [4.78, 5) is 29.1. The lowest BCUT2D eigenvalue weighted by atomic mass is 9.80. The lowest BCUT2D eigenvalue weighted by Crippen LogP contribution is -2.40. The van der Waals surface area contributed by atoms with Gasteiger partial charge in [0.1, 0.15) is 17.3 Å². The van der Waals surface area contributed by atoms with Crippen LogP contribution in [0.25, 0.3) is 0 Å². The molecule has 4 bridgehead atoms. The minimum Gasteiger partial charge on any atom is -0.495 e. The third kappa shape index (κ3) is 3.67. The number of halogens is 1. The Morgan fingerprint density at radius 1 is 1.29 bits per heavy atom. The molecule has 4 fully saturated rings. The lowest BCUT2D eigenvalue weighted by Gasteiger charge is -2.35. The number of anilines is 1. The zero-order valence-electron chi connectivity index (χ0n) is 17.4. The highest BCUT2D eigenvalue weighted by molar-refractivity contribution is 6.33. The van der Waals surface area contributed by atoms with Gasteiger partial charge in [0.05, 0.1) is 25.2 Å². The molecule has 0 aromatic carbocycles. The summed E-state index contributed by atoms with van der Waals surface area (Å²) >= 11 is 6.42. The average molecular weight is 444 g/mol. The van der Waals surface area contributed by atoms with Gasteiger partial charge in [0, 0.05) is 23.8 Å². The number of pyridine rings is 1. The van der Waals surface area contributed by atoms with Gasteiger partial charge in [-0.15, -0.1) is 0 Å². The first-order valence-corrected chi connectivity index (χ1v) is 11.1. The van der Waals surface area contributed by atoms with Crippen molar-refractivity contribution in [3.63, 3.8) is 0 Å². The highest BCUT2D eigenvalue weighted by Crippen LogP contribution is 2.61. The summed E-state index contributed by atoms with van der Waals surface area (Å²) in [5.41, 5.74) is 0.970. The van der Waals surface area contributed by atoms with Crippen molar-refractivity contribution in [2.75, 3.05) is 12.4 Å². The number of carbonyl (C=O) groups excluding carboxylic acids is 1. The number of hydrogen-bond acceptors (Lipinski definition) is 6. The molecule has 2 heterocycles. The summed E-state index contributed by atoms with van der Waals surface area (Å²) in [6.45, 7) is 0.0586. The number of ether oxygens (including phenoxy) is 1. The van der Waals surface area contributed by atoms with E-state index in [1.807, 2.05) is 0 Å². The molecule has 0 saturated heterocycles. The summed E-state index contributed by atoms with van der Waals surface area (Å²) < 4.78 is 6.33. The van der Waals surface area contributed by atoms with Crippen molar-refractivity contribution in [3.05, 3.63) is 45.6 Å². The van der Waals surface area contributed by atoms with Crippen LogP contribution in [0.2, 0.25) is 5.02 Å². The molecule has 4 saturated carbocycles. The van der Waals surface area contributed by atoms with Gasteiger partial charge in [0.25, 0.3) is 5.56 Å². The van der Waals surface area contributed by atoms with Gasteiger partial charge in [-0.3, -0.25) is 14.6 Å². The largest absolute Gasteiger partial charge is 0.495 e. The molecule has 1 amide bonds. The topological polar surface area (TPSA) is 98.1 Å². The number of rotatable bonds is 7. The van der Waals surface area contributed by atoms with Crippen molar-refractivity contribution in [2.24, 2.45) is 17.8 Å². The van der Waals surface area contributed by atoms with E-state index in [0.29, 0.717) is 17.4 Å². The molecule has 0 radical (unpaired) electrons. The fourth-order valence-electron chi connectivity index (χ4n) is 6.06. The molecule has 164 valence electrons. The van der Waals surface area contributed by atoms with Crippen LogP contribution in [0.3, 0.4) is 0 Å². The second kappa shape index (κ2) is 7.82. The highest BCUT2D eigenvalue weighted by atomic mass is 35.5. The van der Waals surface area contributed by atoms with Gasteiger partial charge in [0.2, 0.25) is 5.91 Å². The first kappa shape index (κ1) is 20.3. The molecular weight excluding hydrogens is 418 g/mol. The molecule has 31 heavy (non-hydrogen) atoms. The van der Waals surface area contributed by atoms with Crippen molar-refractivity contribution in [2.45, 2.75) is 50.7 Å². The van der Waals surface area contributed by atoms with Gasteiger partial charge in [-0.1, -0.05) is 11.6 Å². The Kier molecular flexibility index (Phi) is 5.12. The van der Waals surface area contributed by atoms with Crippen LogP contribution < -0.4 is 20.9 Å². The summed E-state index contributed by atoms with van der Waals surface area (Å²) in [6, 6.07) is 1.77. The molecule has 2 N–H and O–H groups in total. The highest BCUT2D eigenvalue weighted by Gasteiger charge is 2.57. The van der Waals surface area contributed by atoms with Crippen molar-refractivity contribution >= 4 is 23.2 Å². The van der Waals surface area contributed by atoms with Crippen LogP contribution in [0, 0.1) is 17.8 Å². The number of hydrogen-bond donors (Lipinski definition) is 2. The number of carbonyl (C=O) groups is 1. The molecule has 0 aliphatic heterocycles. The van der Waals surface area contributed by atoms with Crippen LogP contribution in [-0.2, 0) is 17.9 Å². The third-order valence-electron chi connectivity index (χ3n) is 7.22. The van der Waals surface area contributed by atoms with Crippen molar-refractivity contribution in [1.82, 2.24) is 20.1 Å². The summed E-state index contributed by atoms with van der Waals surface area (Å²) in [5.74, 6) is 2.49. The van der Waals surface area contributed by atoms with Gasteiger partial charge in [-0.05, 0) is 55.9 Å². The summed E-state index contributed by atoms with van der Waals surface area (Å²) in [5, 5.41) is 10.7. The number of nitrogens with one attached hydrogen (secondary N) is 2. The Bertz CT molecular complexity index is 1060. The Balaban J connectivity index is 1.25. The predicted octanol–water partition coefficient (Wildman–Crippen LogP) is 2.61. The molecule has 4 aliphatic carbocycles. The van der Waals surface area contributed by atoms with E-state index in [4.69, 9.17) is 16.3 Å². The van der Waals surface area contributed by atoms with Crippen LogP contribution in [0.4, 0.5) is 5.69 Å². The van der Waals surface area contributed by atoms with Gasteiger partial charge in [0.15, 0.2) is 0 Å². The zero-order valence-corrected chi connectivity index (χ0v) is 18.2. The molecule has 9 heteroatoms. The van der Waals surface area contributed by atoms with E-state index >= 15 is 0 Å². The maximum atomic E-state index is 12.8. The van der Waals surface area contributed by atoms with E-state index in [9.17, 15) is 9.59 Å². The molecule has 2 atom stereocenters. The van der Waals surface area contributed by atoms with Crippen LogP contribution in [-0.4, -0.2) is 33.3 Å². The quantitative estimate of drug-likeness (QED) is 0.682. The van der Waals surface area contributed by atoms with Crippen molar-refractivity contribution in [3.8, 4) is 5.75 Å². The van der Waals surface area contributed by atoms with Gasteiger partial charge in [-0.2, -0.15) is 5.10 Å². The maximum absolute atomic E-state index is 12.8. The Morgan fingerprint density at radius 2 is 2.06 bits per heavy atom. The average Bonchev–Trinajstić information content (AvgIpc) is 3.15. The molecule has 2 aromatic heterocycles. The fourth-order valence-corrected chi connectivity index (χ4v) is 6.25. The first-order valence-electron chi connectivity index (χ1n) is 10.7. The molecule has 2 unspecified atom stereocenters. The Morgan fingerprint density at radius 3 is 2.81 bits per heavy atom. The van der Waals surface area contributed by atoms with Gasteiger partial charge in [-0.25, -0.2) is 4.68 Å². The molecule has 0 spiro atoms. The number of nitrogens with zero attached hydrogens (tertiary/aromatic N) is 3. The molecule has 2 aromatic rings. The van der Waals surface area contributed by atoms with Gasteiger partial charge < -0.3 is 15.4 Å². The SMILES string of the molecule is COc1cnccc1CNC(=O)Cn1ncc(NC23CC4CC(CC2C4)C3)c(Cl)c1=O. The summed E-state index contributed by atoms with van der Waals surface area (Å²) in [6.07, 6.45) is 11.0. The second-order valence-electron chi connectivity index (χ2n) is 9.12. The van der Waals surface area contributed by atoms with Crippen LogP contribution >= 0.6 is 11.6 Å². The van der Waals surface area contributed by atoms with E-state index in [0.717, 1.165) is 34.9 Å². The Hall–Kier alpha value is -2.61. The summed E-state index contributed by atoms with van der Waals surface area (Å²) in [7, 11) is 1.55. The molecule has 8 nitrogen and oxygen atoms in total. The van der Waals surface area contributed by atoms with Crippen LogP contribution in [0.15, 0.2) is 29.5 Å². The molecule has 4 aliphatic rings.